The number of rotatable bonds is 8. The molecule has 1 aromatic carbocycles. The first-order valence-electron chi connectivity index (χ1n) is 10.6. The number of aliphatic carboxylic acids is 2. The molecule has 3 rings (SSSR count). The lowest BCUT2D eigenvalue weighted by molar-refractivity contribution is -0.192. The van der Waals surface area contributed by atoms with E-state index in [2.05, 4.69) is 9.71 Å². The highest BCUT2D eigenvalue weighted by molar-refractivity contribution is 8.76. The number of carbonyl (C=O) groups is 3. The minimum atomic E-state index is -5.08. The normalized spacial score (nSPS) is 18.4. The van der Waals surface area contributed by atoms with Crippen LogP contribution in [0.25, 0.3) is 0 Å². The predicted molar refractivity (Wildman–Crippen MR) is 128 cm³/mol. The number of sulfonamides is 1. The average Bonchev–Trinajstić information content (AvgIpc) is 3.09. The number of nitrogens with one attached hydrogen (secondary N) is 1. The van der Waals surface area contributed by atoms with E-state index >= 15 is 0 Å². The highest BCUT2D eigenvalue weighted by Crippen LogP contribution is 2.30. The second kappa shape index (κ2) is 13.2. The van der Waals surface area contributed by atoms with E-state index in [9.17, 15) is 31.2 Å². The van der Waals surface area contributed by atoms with E-state index in [-0.39, 0.29) is 17.2 Å². The van der Waals surface area contributed by atoms with Gasteiger partial charge in [0.1, 0.15) is 10.9 Å². The van der Waals surface area contributed by atoms with Crippen molar-refractivity contribution >= 4 is 55.3 Å². The highest BCUT2D eigenvalue weighted by Gasteiger charge is 2.39. The molecule has 1 atom stereocenters. The van der Waals surface area contributed by atoms with E-state index in [0.29, 0.717) is 42.4 Å². The summed E-state index contributed by atoms with van der Waals surface area (Å²) in [4.78, 5) is 34.1. The van der Waals surface area contributed by atoms with E-state index in [1.165, 1.54) is 21.6 Å². The van der Waals surface area contributed by atoms with Gasteiger partial charge in [0.25, 0.3) is 10.0 Å². The maximum Gasteiger partial charge on any atom is 0.490 e. The smallest absolute Gasteiger partial charge is 0.481 e. The van der Waals surface area contributed by atoms with Crippen molar-refractivity contribution in [1.29, 1.82) is 0 Å². The third kappa shape index (κ3) is 8.58. The molecule has 36 heavy (non-hydrogen) atoms. The summed E-state index contributed by atoms with van der Waals surface area (Å²) in [5.41, 5.74) is 0.553. The van der Waals surface area contributed by atoms with Crippen LogP contribution in [0.5, 0.6) is 0 Å². The fourth-order valence-electron chi connectivity index (χ4n) is 3.33. The molecule has 2 aliphatic heterocycles. The molecular weight excluding hydrogens is 547 g/mol. The maximum absolute atomic E-state index is 12.8. The van der Waals surface area contributed by atoms with Gasteiger partial charge in [0.2, 0.25) is 5.91 Å². The van der Waals surface area contributed by atoms with Crippen molar-refractivity contribution in [3.63, 3.8) is 0 Å². The fraction of sp³-hybridized carbons (Fsp3) is 0.500. The Morgan fingerprint density at radius 1 is 1.11 bits per heavy atom. The first kappa shape index (κ1) is 29.8. The van der Waals surface area contributed by atoms with E-state index in [1.807, 2.05) is 4.90 Å². The molecule has 1 saturated heterocycles. The highest BCUT2D eigenvalue weighted by atomic mass is 33.1. The number of piperidine rings is 1. The lowest BCUT2D eigenvalue weighted by Gasteiger charge is -2.36. The summed E-state index contributed by atoms with van der Waals surface area (Å²) < 4.78 is 60.4. The van der Waals surface area contributed by atoms with Gasteiger partial charge in [0, 0.05) is 30.2 Å². The molecule has 1 aromatic rings. The van der Waals surface area contributed by atoms with Gasteiger partial charge in [-0.25, -0.2) is 4.79 Å². The Balaban J connectivity index is 0.000000572. The van der Waals surface area contributed by atoms with Gasteiger partial charge >= 0.3 is 18.1 Å². The number of amides is 1. The fourth-order valence-corrected chi connectivity index (χ4v) is 6.44. The standard InChI is InChI=1S/C18H23N3O5S3.C2HF3O2/c22-16(23)8-11-27-28-12-9-19-18(24)14-6-3-4-10-21(14)17-13-5-1-2-7-15(13)29(25,26)20-17;3-2(4,5)1(6)7/h1-2,5,7,14H,3-4,6,8-12H2,(H,19,24)(H,22,23);(H,6,7). The molecule has 200 valence electrons. The van der Waals surface area contributed by atoms with Crippen LogP contribution in [-0.2, 0) is 24.4 Å². The van der Waals surface area contributed by atoms with Crippen LogP contribution in [0, 0.1) is 0 Å². The summed E-state index contributed by atoms with van der Waals surface area (Å²) in [6.07, 6.45) is -2.54. The largest absolute Gasteiger partial charge is 0.490 e. The molecule has 1 amide bonds. The van der Waals surface area contributed by atoms with Crippen molar-refractivity contribution < 1.29 is 46.2 Å². The van der Waals surface area contributed by atoms with Gasteiger partial charge in [-0.15, -0.1) is 4.40 Å². The van der Waals surface area contributed by atoms with E-state index in [0.717, 1.165) is 12.8 Å². The lowest BCUT2D eigenvalue weighted by Crippen LogP contribution is -2.52. The Morgan fingerprint density at radius 2 is 1.75 bits per heavy atom. The summed E-state index contributed by atoms with van der Waals surface area (Å²) >= 11 is 0. The first-order valence-corrected chi connectivity index (χ1v) is 14.5. The van der Waals surface area contributed by atoms with Gasteiger partial charge in [-0.05, 0) is 31.4 Å². The molecule has 0 aliphatic carbocycles. The Bertz CT molecular complexity index is 1100. The number of carboxylic acids is 2. The third-order valence-corrected chi connectivity index (χ3v) is 8.63. The van der Waals surface area contributed by atoms with E-state index in [4.69, 9.17) is 15.0 Å². The number of alkyl halides is 3. The molecule has 0 spiro atoms. The molecule has 0 aromatic heterocycles. The van der Waals surface area contributed by atoms with Gasteiger partial charge in [-0.3, -0.25) is 9.59 Å². The maximum atomic E-state index is 12.8. The van der Waals surface area contributed by atoms with E-state index < -0.39 is 34.2 Å². The second-order valence-corrected chi connectivity index (χ2v) is 11.7. The second-order valence-electron chi connectivity index (χ2n) is 7.47. The van der Waals surface area contributed by atoms with Crippen LogP contribution in [0.1, 0.15) is 31.2 Å². The van der Waals surface area contributed by atoms with Crippen LogP contribution in [0.15, 0.2) is 33.6 Å². The Hall–Kier alpha value is -2.46. The number of fused-ring (bicyclic) bond motifs is 1. The summed E-state index contributed by atoms with van der Waals surface area (Å²) in [5, 5.41) is 18.6. The number of benzene rings is 1. The topological polar surface area (TPSA) is 153 Å². The number of likely N-dealkylation sites (tertiary alicyclic amines) is 1. The Labute approximate surface area is 213 Å². The molecule has 10 nitrogen and oxygen atoms in total. The van der Waals surface area contributed by atoms with Crippen LogP contribution in [0.4, 0.5) is 13.2 Å². The number of hydrogen-bond donors (Lipinski definition) is 3. The molecule has 2 aliphatic rings. The van der Waals surface area contributed by atoms with Crippen molar-refractivity contribution in [2.75, 3.05) is 24.6 Å². The zero-order chi connectivity index (χ0) is 26.9. The summed E-state index contributed by atoms with van der Waals surface area (Å²) in [5.74, 6) is -2.15. The third-order valence-electron chi connectivity index (χ3n) is 4.90. The number of hydrogen-bond acceptors (Lipinski definition) is 8. The number of halogens is 3. The Kier molecular flexibility index (Phi) is 10.9. The van der Waals surface area contributed by atoms with Gasteiger partial charge in [-0.2, -0.15) is 21.6 Å². The average molecular weight is 572 g/mol. The number of carboxylic acid groups (broad SMARTS) is 2. The van der Waals surface area contributed by atoms with Crippen LogP contribution in [0.3, 0.4) is 0 Å². The van der Waals surface area contributed by atoms with Gasteiger partial charge < -0.3 is 20.4 Å². The quantitative estimate of drug-likeness (QED) is 0.313. The van der Waals surface area contributed by atoms with Crippen LogP contribution in [-0.4, -0.2) is 84.0 Å². The van der Waals surface area contributed by atoms with E-state index in [1.54, 1.807) is 24.3 Å². The molecular formula is C20H24F3N3O7S3. The van der Waals surface area contributed by atoms with Gasteiger partial charge in [-0.1, -0.05) is 33.7 Å². The summed E-state index contributed by atoms with van der Waals surface area (Å²) in [7, 11) is -0.730. The molecule has 1 unspecified atom stereocenters. The molecule has 0 radical (unpaired) electrons. The molecule has 0 bridgehead atoms. The molecule has 3 N–H and O–H groups in total. The van der Waals surface area contributed by atoms with Crippen molar-refractivity contribution in [3.8, 4) is 0 Å². The van der Waals surface area contributed by atoms with Crippen LogP contribution in [0.2, 0.25) is 0 Å². The molecule has 16 heteroatoms. The molecule has 2 heterocycles. The zero-order valence-corrected chi connectivity index (χ0v) is 21.2. The predicted octanol–water partition coefficient (Wildman–Crippen LogP) is 2.60. The summed E-state index contributed by atoms with van der Waals surface area (Å²) in [6, 6.07) is 6.26. The van der Waals surface area contributed by atoms with Gasteiger partial charge in [0.15, 0.2) is 5.84 Å². The molecule has 0 saturated carbocycles. The van der Waals surface area contributed by atoms with Crippen molar-refractivity contribution in [1.82, 2.24) is 10.2 Å². The minimum absolute atomic E-state index is 0.119. The van der Waals surface area contributed by atoms with Gasteiger partial charge in [0.05, 0.1) is 6.42 Å². The molecule has 1 fully saturated rings. The lowest BCUT2D eigenvalue weighted by atomic mass is 9.99. The number of amidine groups is 1. The monoisotopic (exact) mass is 571 g/mol. The zero-order valence-electron chi connectivity index (χ0n) is 18.7. The van der Waals surface area contributed by atoms with Crippen molar-refractivity contribution in [3.05, 3.63) is 29.8 Å². The first-order chi connectivity index (χ1) is 16.8. The number of nitrogens with zero attached hydrogens (tertiary/aromatic N) is 2. The number of carbonyl (C=O) groups excluding carboxylic acids is 1. The minimum Gasteiger partial charge on any atom is -0.481 e. The Morgan fingerprint density at radius 3 is 2.39 bits per heavy atom. The van der Waals surface area contributed by atoms with Crippen LogP contribution >= 0.6 is 21.6 Å². The van der Waals surface area contributed by atoms with Crippen molar-refractivity contribution in [2.24, 2.45) is 4.40 Å². The SMILES string of the molecule is O=C(O)C(F)(F)F.O=C(O)CCSSCCNC(=O)C1CCCCN1C1=NS(=O)(=O)c2ccccc21. The van der Waals surface area contributed by atoms with Crippen molar-refractivity contribution in [2.45, 2.75) is 42.8 Å². The van der Waals surface area contributed by atoms with Crippen LogP contribution < -0.4 is 5.32 Å². The summed E-state index contributed by atoms with van der Waals surface area (Å²) in [6.45, 7) is 1.05.